The molecule has 0 saturated heterocycles. The maximum absolute atomic E-state index is 13.4. The summed E-state index contributed by atoms with van der Waals surface area (Å²) >= 11 is 0. The van der Waals surface area contributed by atoms with Crippen molar-refractivity contribution in [2.24, 2.45) is 4.99 Å². The molecule has 0 bridgehead atoms. The molecule has 0 radical (unpaired) electrons. The van der Waals surface area contributed by atoms with Crippen LogP contribution in [0.3, 0.4) is 0 Å². The zero-order valence-corrected chi connectivity index (χ0v) is 11.9. The molecule has 112 valence electrons. The predicted molar refractivity (Wildman–Crippen MR) is 75.9 cm³/mol. The molecule has 0 spiro atoms. The third kappa shape index (κ3) is 5.97. The number of nitrogens with zero attached hydrogens (tertiary/aromatic N) is 1. The number of aliphatic imine (C=N–C) groups is 1. The van der Waals surface area contributed by atoms with E-state index in [2.05, 4.69) is 15.6 Å². The molecule has 0 fully saturated rings. The number of rotatable bonds is 7. The van der Waals surface area contributed by atoms with Gasteiger partial charge in [-0.15, -0.1) is 0 Å². The van der Waals surface area contributed by atoms with Crippen LogP contribution in [0.1, 0.15) is 12.0 Å². The van der Waals surface area contributed by atoms with Gasteiger partial charge in [0.25, 0.3) is 0 Å². The van der Waals surface area contributed by atoms with E-state index >= 15 is 0 Å². The van der Waals surface area contributed by atoms with Crippen molar-refractivity contribution in [3.05, 3.63) is 35.4 Å². The first-order chi connectivity index (χ1) is 9.67. The Balaban J connectivity index is 2.31. The van der Waals surface area contributed by atoms with Crippen molar-refractivity contribution >= 4 is 5.96 Å². The Morgan fingerprint density at radius 2 is 2.00 bits per heavy atom. The van der Waals surface area contributed by atoms with Crippen LogP contribution in [-0.4, -0.2) is 39.8 Å². The smallest absolute Gasteiger partial charge is 0.190 e. The molecular formula is C14H21F2N3O. The molecule has 6 heteroatoms. The summed E-state index contributed by atoms with van der Waals surface area (Å²) in [5.74, 6) is -0.423. The van der Waals surface area contributed by atoms with Crippen LogP contribution in [0, 0.1) is 11.6 Å². The lowest BCUT2D eigenvalue weighted by molar-refractivity contribution is 0.195. The van der Waals surface area contributed by atoms with Crippen LogP contribution in [0.15, 0.2) is 23.2 Å². The molecule has 0 heterocycles. The Kier molecular flexibility index (Phi) is 7.57. The van der Waals surface area contributed by atoms with Crippen molar-refractivity contribution in [3.63, 3.8) is 0 Å². The molecule has 2 N–H and O–H groups in total. The molecule has 0 amide bonds. The summed E-state index contributed by atoms with van der Waals surface area (Å²) < 4.78 is 31.1. The highest BCUT2D eigenvalue weighted by Crippen LogP contribution is 2.09. The Labute approximate surface area is 118 Å². The highest BCUT2D eigenvalue weighted by Gasteiger charge is 2.04. The maximum atomic E-state index is 13.4. The number of nitrogens with one attached hydrogen (secondary N) is 2. The summed E-state index contributed by atoms with van der Waals surface area (Å²) in [6, 6.07) is 3.62. The molecule has 0 atom stereocenters. The maximum Gasteiger partial charge on any atom is 0.190 e. The lowest BCUT2D eigenvalue weighted by Gasteiger charge is -2.11. The van der Waals surface area contributed by atoms with Crippen molar-refractivity contribution in [1.82, 2.24) is 10.6 Å². The first-order valence-electron chi connectivity index (χ1n) is 6.54. The molecule has 0 aromatic heterocycles. The van der Waals surface area contributed by atoms with Gasteiger partial charge in [0.1, 0.15) is 11.6 Å². The van der Waals surface area contributed by atoms with E-state index in [1.165, 1.54) is 12.1 Å². The second kappa shape index (κ2) is 9.25. The van der Waals surface area contributed by atoms with Gasteiger partial charge >= 0.3 is 0 Å². The van der Waals surface area contributed by atoms with Gasteiger partial charge in [-0.05, 0) is 24.5 Å². The van der Waals surface area contributed by atoms with Gasteiger partial charge in [0.2, 0.25) is 0 Å². The first-order valence-corrected chi connectivity index (χ1v) is 6.54. The summed E-state index contributed by atoms with van der Waals surface area (Å²) in [7, 11) is 3.33. The van der Waals surface area contributed by atoms with Crippen LogP contribution in [0.2, 0.25) is 0 Å². The summed E-state index contributed by atoms with van der Waals surface area (Å²) in [6.45, 7) is 1.95. The first kappa shape index (κ1) is 16.4. The fourth-order valence-electron chi connectivity index (χ4n) is 1.68. The van der Waals surface area contributed by atoms with Crippen LogP contribution in [0.5, 0.6) is 0 Å². The Hall–Kier alpha value is -1.69. The molecule has 1 rings (SSSR count). The topological polar surface area (TPSA) is 45.7 Å². The molecule has 0 unspecified atom stereocenters. The monoisotopic (exact) mass is 285 g/mol. The van der Waals surface area contributed by atoms with Gasteiger partial charge in [-0.2, -0.15) is 0 Å². The Morgan fingerprint density at radius 1 is 1.25 bits per heavy atom. The van der Waals surface area contributed by atoms with Crippen molar-refractivity contribution in [2.45, 2.75) is 12.8 Å². The molecule has 1 aromatic rings. The van der Waals surface area contributed by atoms with Crippen LogP contribution < -0.4 is 10.6 Å². The van der Waals surface area contributed by atoms with Gasteiger partial charge < -0.3 is 15.4 Å². The average molecular weight is 285 g/mol. The lowest BCUT2D eigenvalue weighted by atomic mass is 10.1. The lowest BCUT2D eigenvalue weighted by Crippen LogP contribution is -2.39. The number of hydrogen-bond donors (Lipinski definition) is 2. The number of halogens is 2. The van der Waals surface area contributed by atoms with E-state index < -0.39 is 11.6 Å². The van der Waals surface area contributed by atoms with Crippen LogP contribution in [0.4, 0.5) is 8.78 Å². The van der Waals surface area contributed by atoms with Crippen molar-refractivity contribution < 1.29 is 13.5 Å². The van der Waals surface area contributed by atoms with E-state index in [1.54, 1.807) is 14.2 Å². The average Bonchev–Trinajstić information content (AvgIpc) is 2.43. The van der Waals surface area contributed by atoms with Gasteiger partial charge in [-0.1, -0.05) is 6.07 Å². The van der Waals surface area contributed by atoms with E-state index in [0.717, 1.165) is 19.0 Å². The zero-order valence-electron chi connectivity index (χ0n) is 11.9. The Morgan fingerprint density at radius 3 is 2.65 bits per heavy atom. The zero-order chi connectivity index (χ0) is 14.8. The number of ether oxygens (including phenoxy) is 1. The van der Waals surface area contributed by atoms with Gasteiger partial charge in [-0.3, -0.25) is 4.99 Å². The van der Waals surface area contributed by atoms with E-state index in [9.17, 15) is 8.78 Å². The standard InChI is InChI=1S/C14H21F2N3O/c1-17-14(18-7-3-9-20-2)19-8-6-11-4-5-12(15)10-13(11)16/h4-5,10H,3,6-9H2,1-2H3,(H2,17,18,19). The third-order valence-electron chi connectivity index (χ3n) is 2.74. The number of guanidine groups is 1. The van der Waals surface area contributed by atoms with Crippen molar-refractivity contribution in [2.75, 3.05) is 33.9 Å². The van der Waals surface area contributed by atoms with Crippen molar-refractivity contribution in [3.8, 4) is 0 Å². The Bertz CT molecular complexity index is 438. The molecule has 0 aliphatic rings. The summed E-state index contributed by atoms with van der Waals surface area (Å²) in [4.78, 5) is 4.05. The number of hydrogen-bond acceptors (Lipinski definition) is 2. The molecule has 1 aromatic carbocycles. The predicted octanol–water partition coefficient (Wildman–Crippen LogP) is 1.71. The minimum absolute atomic E-state index is 0.463. The fraction of sp³-hybridized carbons (Fsp3) is 0.500. The second-order valence-corrected chi connectivity index (χ2v) is 4.26. The summed E-state index contributed by atoms with van der Waals surface area (Å²) in [5, 5.41) is 6.19. The number of benzene rings is 1. The summed E-state index contributed by atoms with van der Waals surface area (Å²) in [6.07, 6.45) is 1.34. The van der Waals surface area contributed by atoms with E-state index in [0.29, 0.717) is 31.1 Å². The molecule has 0 saturated carbocycles. The van der Waals surface area contributed by atoms with Crippen LogP contribution in [-0.2, 0) is 11.2 Å². The molecule has 0 aliphatic carbocycles. The molecule has 0 aliphatic heterocycles. The van der Waals surface area contributed by atoms with Gasteiger partial charge in [0, 0.05) is 39.9 Å². The van der Waals surface area contributed by atoms with Gasteiger partial charge in [0.05, 0.1) is 0 Å². The van der Waals surface area contributed by atoms with Crippen molar-refractivity contribution in [1.29, 1.82) is 0 Å². The summed E-state index contributed by atoms with van der Waals surface area (Å²) in [5.41, 5.74) is 0.480. The SMILES string of the molecule is CN=C(NCCCOC)NCCc1ccc(F)cc1F. The quantitative estimate of drug-likeness (QED) is 0.455. The minimum atomic E-state index is -0.560. The second-order valence-electron chi connectivity index (χ2n) is 4.26. The van der Waals surface area contributed by atoms with E-state index in [-0.39, 0.29) is 0 Å². The van der Waals surface area contributed by atoms with Gasteiger partial charge in [0.15, 0.2) is 5.96 Å². The molecule has 4 nitrogen and oxygen atoms in total. The highest BCUT2D eigenvalue weighted by molar-refractivity contribution is 5.79. The minimum Gasteiger partial charge on any atom is -0.385 e. The molecular weight excluding hydrogens is 264 g/mol. The van der Waals surface area contributed by atoms with Crippen LogP contribution in [0.25, 0.3) is 0 Å². The third-order valence-corrected chi connectivity index (χ3v) is 2.74. The molecule has 20 heavy (non-hydrogen) atoms. The van der Waals surface area contributed by atoms with Gasteiger partial charge in [-0.25, -0.2) is 8.78 Å². The largest absolute Gasteiger partial charge is 0.385 e. The van der Waals surface area contributed by atoms with Crippen LogP contribution >= 0.6 is 0 Å². The fourth-order valence-corrected chi connectivity index (χ4v) is 1.68. The van der Waals surface area contributed by atoms with E-state index in [1.807, 2.05) is 0 Å². The number of methoxy groups -OCH3 is 1. The highest BCUT2D eigenvalue weighted by atomic mass is 19.1. The normalized spacial score (nSPS) is 11.5. The van der Waals surface area contributed by atoms with E-state index in [4.69, 9.17) is 4.74 Å².